The number of hydrogen-bond donors (Lipinski definition) is 1. The van der Waals surface area contributed by atoms with Crippen molar-refractivity contribution in [2.24, 2.45) is 0 Å². The quantitative estimate of drug-likeness (QED) is 0.523. The summed E-state index contributed by atoms with van der Waals surface area (Å²) >= 11 is 0. The molecule has 0 aliphatic rings. The van der Waals surface area contributed by atoms with Crippen molar-refractivity contribution in [2.45, 2.75) is 6.92 Å². The van der Waals surface area contributed by atoms with Crippen molar-refractivity contribution in [1.82, 2.24) is 5.32 Å². The van der Waals surface area contributed by atoms with E-state index in [2.05, 4.69) is 11.9 Å². The van der Waals surface area contributed by atoms with Crippen LogP contribution in [0, 0.1) is 0 Å². The van der Waals surface area contributed by atoms with E-state index in [0.717, 1.165) is 11.1 Å². The molecule has 2 aromatic carbocycles. The summed E-state index contributed by atoms with van der Waals surface area (Å²) in [7, 11) is 0. The van der Waals surface area contributed by atoms with Crippen LogP contribution in [0.15, 0.2) is 66.7 Å². The van der Waals surface area contributed by atoms with E-state index in [1.54, 1.807) is 19.1 Å². The molecule has 0 aliphatic carbocycles. The summed E-state index contributed by atoms with van der Waals surface area (Å²) in [5.41, 5.74) is 2.90. The lowest BCUT2D eigenvalue weighted by Crippen LogP contribution is -2.27. The molecule has 1 amide bonds. The van der Waals surface area contributed by atoms with Gasteiger partial charge in [0.25, 0.3) is 0 Å². The Balaban J connectivity index is 0.00000264. The molecular formula is C18H19NO3. The molecule has 0 fully saturated rings. The minimum atomic E-state index is -0.485. The second-order valence-corrected chi connectivity index (χ2v) is 4.81. The highest BCUT2D eigenvalue weighted by molar-refractivity contribution is 5.93. The van der Waals surface area contributed by atoms with Gasteiger partial charge in [-0.2, -0.15) is 0 Å². The third kappa shape index (κ3) is 4.06. The van der Waals surface area contributed by atoms with Crippen molar-refractivity contribution < 1.29 is 15.8 Å². The van der Waals surface area contributed by atoms with Crippen LogP contribution >= 0.6 is 0 Å². The zero-order valence-corrected chi connectivity index (χ0v) is 12.3. The van der Waals surface area contributed by atoms with Crippen LogP contribution in [-0.2, 0) is 9.53 Å². The fourth-order valence-electron chi connectivity index (χ4n) is 1.83. The number of rotatable bonds is 5. The molecule has 0 unspecified atom stereocenters. The molecule has 0 saturated carbocycles. The number of nitrogens with one attached hydrogen (secondary N) is 1. The van der Waals surface area contributed by atoms with Crippen LogP contribution in [0.1, 0.15) is 18.7 Å². The Labute approximate surface area is 130 Å². The van der Waals surface area contributed by atoms with Crippen molar-refractivity contribution in [1.29, 1.82) is 0 Å². The second-order valence-electron chi connectivity index (χ2n) is 4.81. The fraction of sp³-hybridized carbons (Fsp3) is 0.111. The highest BCUT2D eigenvalue weighted by Gasteiger charge is 2.08. The first kappa shape index (κ1) is 15.5. The van der Waals surface area contributed by atoms with Gasteiger partial charge in [0.2, 0.25) is 5.91 Å². The monoisotopic (exact) mass is 297 g/mol. The molecule has 4 nitrogen and oxygen atoms in total. The third-order valence-electron chi connectivity index (χ3n) is 3.05. The minimum absolute atomic E-state index is 0. The maximum absolute atomic E-state index is 11.8. The Morgan fingerprint density at radius 1 is 1.05 bits per heavy atom. The topological polar surface area (TPSA) is 55.4 Å². The molecular weight excluding hydrogens is 278 g/mol. The summed E-state index contributed by atoms with van der Waals surface area (Å²) in [4.78, 5) is 23.1. The van der Waals surface area contributed by atoms with Gasteiger partial charge in [-0.15, -0.1) is 0 Å². The van der Waals surface area contributed by atoms with Crippen molar-refractivity contribution in [3.8, 4) is 11.1 Å². The van der Waals surface area contributed by atoms with Crippen LogP contribution < -0.4 is 5.32 Å². The number of amides is 1. The molecule has 0 aliphatic heterocycles. The van der Waals surface area contributed by atoms with Gasteiger partial charge in [-0.3, -0.25) is 4.79 Å². The van der Waals surface area contributed by atoms with Crippen molar-refractivity contribution >= 4 is 11.9 Å². The smallest absolute Gasteiger partial charge is 0.339 e. The van der Waals surface area contributed by atoms with Gasteiger partial charge in [-0.25, -0.2) is 4.79 Å². The van der Waals surface area contributed by atoms with Gasteiger partial charge < -0.3 is 10.1 Å². The first-order valence-electron chi connectivity index (χ1n) is 6.84. The Kier molecular flexibility index (Phi) is 5.09. The predicted molar refractivity (Wildman–Crippen MR) is 87.2 cm³/mol. The Hall–Kier alpha value is -2.88. The molecule has 4 heteroatoms. The predicted octanol–water partition coefficient (Wildman–Crippen LogP) is 3.41. The molecule has 0 radical (unpaired) electrons. The summed E-state index contributed by atoms with van der Waals surface area (Å²) in [6, 6.07) is 17.0. The van der Waals surface area contributed by atoms with Gasteiger partial charge >= 0.3 is 5.97 Å². The first-order chi connectivity index (χ1) is 10.6. The molecule has 0 heterocycles. The largest absolute Gasteiger partial charge is 0.441 e. The highest BCUT2D eigenvalue weighted by Crippen LogP contribution is 2.19. The van der Waals surface area contributed by atoms with E-state index in [9.17, 15) is 9.59 Å². The fourth-order valence-corrected chi connectivity index (χ4v) is 1.83. The van der Waals surface area contributed by atoms with E-state index in [1.165, 1.54) is 0 Å². The SMILES string of the molecule is C=C(C)C(=O)NCOC(=O)c1ccc(-c2ccccc2)cc1.[HH]. The van der Waals surface area contributed by atoms with E-state index in [-0.39, 0.29) is 14.1 Å². The van der Waals surface area contributed by atoms with Crippen LogP contribution in [-0.4, -0.2) is 18.6 Å². The van der Waals surface area contributed by atoms with Gasteiger partial charge in [0.1, 0.15) is 0 Å². The molecule has 0 bridgehead atoms. The van der Waals surface area contributed by atoms with Crippen LogP contribution in [0.2, 0.25) is 0 Å². The number of carbonyl (C=O) groups excluding carboxylic acids is 2. The summed E-state index contributed by atoms with van der Waals surface area (Å²) in [5, 5.41) is 2.44. The average Bonchev–Trinajstić information content (AvgIpc) is 2.55. The molecule has 0 spiro atoms. The number of benzene rings is 2. The van der Waals surface area contributed by atoms with Crippen molar-refractivity contribution in [3.05, 3.63) is 72.3 Å². The number of esters is 1. The molecule has 114 valence electrons. The Bertz CT molecular complexity index is 681. The molecule has 2 rings (SSSR count). The van der Waals surface area contributed by atoms with E-state index in [1.807, 2.05) is 42.5 Å². The molecule has 2 aromatic rings. The van der Waals surface area contributed by atoms with Crippen LogP contribution in [0.5, 0.6) is 0 Å². The molecule has 0 saturated heterocycles. The number of hydrogen-bond acceptors (Lipinski definition) is 3. The van der Waals surface area contributed by atoms with Gasteiger partial charge in [-0.05, 0) is 30.2 Å². The Morgan fingerprint density at radius 2 is 1.64 bits per heavy atom. The lowest BCUT2D eigenvalue weighted by atomic mass is 10.0. The summed E-state index contributed by atoms with van der Waals surface area (Å²) in [6.07, 6.45) is 0. The van der Waals surface area contributed by atoms with Crippen LogP contribution in [0.3, 0.4) is 0 Å². The van der Waals surface area contributed by atoms with Crippen LogP contribution in [0.25, 0.3) is 11.1 Å². The van der Waals surface area contributed by atoms with E-state index < -0.39 is 5.97 Å². The van der Waals surface area contributed by atoms with Gasteiger partial charge in [0, 0.05) is 7.00 Å². The molecule has 22 heavy (non-hydrogen) atoms. The molecule has 0 aromatic heterocycles. The lowest BCUT2D eigenvalue weighted by molar-refractivity contribution is -0.118. The lowest BCUT2D eigenvalue weighted by Gasteiger charge is -2.07. The zero-order chi connectivity index (χ0) is 15.9. The van der Waals surface area contributed by atoms with Crippen molar-refractivity contribution in [3.63, 3.8) is 0 Å². The van der Waals surface area contributed by atoms with E-state index in [0.29, 0.717) is 11.1 Å². The van der Waals surface area contributed by atoms with Gasteiger partial charge in [0.15, 0.2) is 6.73 Å². The summed E-state index contributed by atoms with van der Waals surface area (Å²) < 4.78 is 4.98. The van der Waals surface area contributed by atoms with E-state index >= 15 is 0 Å². The molecule has 0 atom stereocenters. The minimum Gasteiger partial charge on any atom is -0.441 e. The van der Waals surface area contributed by atoms with Gasteiger partial charge in [0.05, 0.1) is 5.56 Å². The number of carbonyl (C=O) groups is 2. The summed E-state index contributed by atoms with van der Waals surface area (Å²) in [5.74, 6) is -0.825. The average molecular weight is 297 g/mol. The standard InChI is InChI=1S/C18H17NO3.H2/c1-13(2)17(20)19-12-22-18(21)16-10-8-15(9-11-16)14-6-4-3-5-7-14;/h3-11H,1,12H2,2H3,(H,19,20);1H. The third-order valence-corrected chi connectivity index (χ3v) is 3.05. The van der Waals surface area contributed by atoms with Crippen LogP contribution in [0.4, 0.5) is 0 Å². The van der Waals surface area contributed by atoms with Gasteiger partial charge in [-0.1, -0.05) is 49.0 Å². The summed E-state index contributed by atoms with van der Waals surface area (Å²) in [6.45, 7) is 4.90. The maximum Gasteiger partial charge on any atom is 0.339 e. The van der Waals surface area contributed by atoms with Crippen molar-refractivity contribution in [2.75, 3.05) is 6.73 Å². The van der Waals surface area contributed by atoms with E-state index in [4.69, 9.17) is 4.74 Å². The molecule has 1 N–H and O–H groups in total. The Morgan fingerprint density at radius 3 is 2.23 bits per heavy atom. The highest BCUT2D eigenvalue weighted by atomic mass is 16.5. The first-order valence-corrected chi connectivity index (χ1v) is 6.84. The zero-order valence-electron chi connectivity index (χ0n) is 12.3. The number of ether oxygens (including phenoxy) is 1. The maximum atomic E-state index is 11.8. The second kappa shape index (κ2) is 7.22. The normalized spacial score (nSPS) is 9.86.